The minimum absolute atomic E-state index is 1.05. The van der Waals surface area contributed by atoms with Gasteiger partial charge in [-0.3, -0.25) is 4.98 Å². The summed E-state index contributed by atoms with van der Waals surface area (Å²) in [6.45, 7) is 6.46. The van der Waals surface area contributed by atoms with E-state index in [0.29, 0.717) is 0 Å². The third-order valence-electron chi connectivity index (χ3n) is 6.46. The summed E-state index contributed by atoms with van der Waals surface area (Å²) < 4.78 is 2.63. The van der Waals surface area contributed by atoms with Crippen LogP contribution in [0.3, 0.4) is 0 Å². The van der Waals surface area contributed by atoms with Crippen LogP contribution >= 0.6 is 0 Å². The van der Waals surface area contributed by atoms with Crippen LogP contribution in [0.25, 0.3) is 22.2 Å². The standard InChI is InChI=1S/C25H29N3/c1-17-8-11-24-21(14-17)22-16-27(3)13-12-25(22)28(24)23-7-5-4-6-20(23)19-10-9-18(2)26-15-19/h8-11,14-15H,4-7,12-13,16H2,1-3H3. The van der Waals surface area contributed by atoms with E-state index in [4.69, 9.17) is 0 Å². The first kappa shape index (κ1) is 17.7. The van der Waals surface area contributed by atoms with Crippen LogP contribution in [0.5, 0.6) is 0 Å². The zero-order chi connectivity index (χ0) is 19.3. The molecule has 0 atom stereocenters. The molecule has 2 aromatic heterocycles. The third-order valence-corrected chi connectivity index (χ3v) is 6.46. The predicted octanol–water partition coefficient (Wildman–Crippen LogP) is 5.58. The highest BCUT2D eigenvalue weighted by Crippen LogP contribution is 2.41. The van der Waals surface area contributed by atoms with Crippen molar-refractivity contribution in [1.82, 2.24) is 14.5 Å². The molecule has 0 bridgehead atoms. The van der Waals surface area contributed by atoms with Crippen molar-refractivity contribution in [2.24, 2.45) is 0 Å². The molecule has 0 spiro atoms. The van der Waals surface area contributed by atoms with Gasteiger partial charge in [0.1, 0.15) is 0 Å². The van der Waals surface area contributed by atoms with Crippen LogP contribution in [0.15, 0.2) is 36.5 Å². The number of pyridine rings is 1. The lowest BCUT2D eigenvalue weighted by molar-refractivity contribution is 0.311. The van der Waals surface area contributed by atoms with Gasteiger partial charge >= 0.3 is 0 Å². The molecule has 3 nitrogen and oxygen atoms in total. The molecule has 28 heavy (non-hydrogen) atoms. The van der Waals surface area contributed by atoms with Crippen LogP contribution in [0, 0.1) is 13.8 Å². The van der Waals surface area contributed by atoms with Gasteiger partial charge in [0.05, 0.1) is 5.52 Å². The molecule has 0 radical (unpaired) electrons. The number of fused-ring (bicyclic) bond motifs is 3. The van der Waals surface area contributed by atoms with E-state index in [1.54, 1.807) is 0 Å². The first-order valence-corrected chi connectivity index (χ1v) is 10.6. The number of hydrogen-bond donors (Lipinski definition) is 0. The molecule has 3 heterocycles. The average molecular weight is 372 g/mol. The van der Waals surface area contributed by atoms with Crippen LogP contribution < -0.4 is 0 Å². The fraction of sp³-hybridized carbons (Fsp3) is 0.400. The first-order chi connectivity index (χ1) is 13.6. The maximum absolute atomic E-state index is 4.59. The Balaban J connectivity index is 1.78. The minimum atomic E-state index is 1.05. The van der Waals surface area contributed by atoms with Gasteiger partial charge in [0, 0.05) is 48.2 Å². The lowest BCUT2D eigenvalue weighted by Crippen LogP contribution is -2.27. The van der Waals surface area contributed by atoms with Crippen LogP contribution in [0.2, 0.25) is 0 Å². The monoisotopic (exact) mass is 371 g/mol. The topological polar surface area (TPSA) is 21.1 Å². The Bertz CT molecular complexity index is 1070. The second kappa shape index (κ2) is 6.89. The molecule has 2 aliphatic rings. The summed E-state index contributed by atoms with van der Waals surface area (Å²) in [4.78, 5) is 7.04. The maximum Gasteiger partial charge on any atom is 0.0531 e. The van der Waals surface area contributed by atoms with E-state index in [1.165, 1.54) is 57.4 Å². The molecule has 1 aliphatic carbocycles. The summed E-state index contributed by atoms with van der Waals surface area (Å²) in [6, 6.07) is 11.4. The van der Waals surface area contributed by atoms with Gasteiger partial charge in [-0.1, -0.05) is 17.7 Å². The molecule has 1 aliphatic heterocycles. The van der Waals surface area contributed by atoms with Crippen molar-refractivity contribution in [3.63, 3.8) is 0 Å². The van der Waals surface area contributed by atoms with E-state index in [9.17, 15) is 0 Å². The zero-order valence-corrected chi connectivity index (χ0v) is 17.3. The van der Waals surface area contributed by atoms with Gasteiger partial charge in [0.25, 0.3) is 0 Å². The Morgan fingerprint density at radius 3 is 2.64 bits per heavy atom. The summed E-state index contributed by atoms with van der Waals surface area (Å²) in [5, 5.41) is 1.45. The number of aryl methyl sites for hydroxylation is 2. The van der Waals surface area contributed by atoms with Crippen molar-refractivity contribution in [1.29, 1.82) is 0 Å². The molecule has 0 fully saturated rings. The van der Waals surface area contributed by atoms with Crippen molar-refractivity contribution in [3.05, 3.63) is 64.6 Å². The van der Waals surface area contributed by atoms with Gasteiger partial charge in [-0.05, 0) is 81.5 Å². The number of hydrogen-bond acceptors (Lipinski definition) is 2. The van der Waals surface area contributed by atoms with Crippen molar-refractivity contribution >= 4 is 22.2 Å². The molecule has 0 amide bonds. The van der Waals surface area contributed by atoms with Crippen LogP contribution in [0.1, 0.15) is 53.8 Å². The van der Waals surface area contributed by atoms with Gasteiger partial charge < -0.3 is 9.47 Å². The number of benzene rings is 1. The quantitative estimate of drug-likeness (QED) is 0.586. The molecule has 5 rings (SSSR count). The second-order valence-electron chi connectivity index (χ2n) is 8.59. The number of aromatic nitrogens is 2. The number of allylic oxidation sites excluding steroid dienone is 2. The van der Waals surface area contributed by atoms with E-state index in [2.05, 4.69) is 71.9 Å². The van der Waals surface area contributed by atoms with Crippen molar-refractivity contribution in [2.75, 3.05) is 13.6 Å². The summed E-state index contributed by atoms with van der Waals surface area (Å²) in [7, 11) is 2.24. The Morgan fingerprint density at radius 2 is 1.82 bits per heavy atom. The van der Waals surface area contributed by atoms with Gasteiger partial charge in [0.15, 0.2) is 0 Å². The Labute approximate surface area is 167 Å². The lowest BCUT2D eigenvalue weighted by Gasteiger charge is -2.28. The molecular formula is C25H29N3. The second-order valence-corrected chi connectivity index (χ2v) is 8.59. The van der Waals surface area contributed by atoms with Crippen LogP contribution in [-0.4, -0.2) is 28.0 Å². The minimum Gasteiger partial charge on any atom is -0.317 e. The smallest absolute Gasteiger partial charge is 0.0531 e. The van der Waals surface area contributed by atoms with E-state index in [0.717, 1.165) is 38.0 Å². The highest BCUT2D eigenvalue weighted by molar-refractivity contribution is 5.94. The van der Waals surface area contributed by atoms with Gasteiger partial charge in [-0.25, -0.2) is 0 Å². The van der Waals surface area contributed by atoms with Crippen molar-refractivity contribution < 1.29 is 0 Å². The third kappa shape index (κ3) is 2.89. The van der Waals surface area contributed by atoms with Crippen LogP contribution in [-0.2, 0) is 13.0 Å². The predicted molar refractivity (Wildman–Crippen MR) is 117 cm³/mol. The highest BCUT2D eigenvalue weighted by Gasteiger charge is 2.26. The van der Waals surface area contributed by atoms with Gasteiger partial charge in [0.2, 0.25) is 0 Å². The summed E-state index contributed by atoms with van der Waals surface area (Å²) in [5.41, 5.74) is 11.2. The van der Waals surface area contributed by atoms with Crippen molar-refractivity contribution in [2.45, 2.75) is 52.5 Å². The highest BCUT2D eigenvalue weighted by atomic mass is 15.1. The van der Waals surface area contributed by atoms with Crippen molar-refractivity contribution in [3.8, 4) is 0 Å². The van der Waals surface area contributed by atoms with E-state index in [1.807, 2.05) is 0 Å². The fourth-order valence-electron chi connectivity index (χ4n) is 5.01. The van der Waals surface area contributed by atoms with Crippen LogP contribution in [0.4, 0.5) is 0 Å². The molecule has 3 aromatic rings. The molecule has 1 aromatic carbocycles. The van der Waals surface area contributed by atoms with Gasteiger partial charge in [-0.2, -0.15) is 0 Å². The number of nitrogens with zero attached hydrogens (tertiary/aromatic N) is 3. The van der Waals surface area contributed by atoms with Gasteiger partial charge in [-0.15, -0.1) is 0 Å². The van der Waals surface area contributed by atoms with E-state index in [-0.39, 0.29) is 0 Å². The summed E-state index contributed by atoms with van der Waals surface area (Å²) in [6.07, 6.45) is 8.06. The molecule has 0 N–H and O–H groups in total. The Kier molecular flexibility index (Phi) is 4.36. The molecule has 0 unspecified atom stereocenters. The van der Waals surface area contributed by atoms with E-state index >= 15 is 0 Å². The average Bonchev–Trinajstić information content (AvgIpc) is 3.01. The molecule has 0 saturated carbocycles. The summed E-state index contributed by atoms with van der Waals surface area (Å²) >= 11 is 0. The zero-order valence-electron chi connectivity index (χ0n) is 17.3. The Hall–Kier alpha value is -2.39. The molecule has 144 valence electrons. The molecular weight excluding hydrogens is 342 g/mol. The molecule has 0 saturated heterocycles. The normalized spacial score (nSPS) is 18.0. The Morgan fingerprint density at radius 1 is 0.964 bits per heavy atom. The number of likely N-dealkylation sites (N-methyl/N-ethyl adjacent to an activating group) is 1. The number of rotatable bonds is 2. The SMILES string of the molecule is Cc1ccc2c(c1)c1c(n2C2=C(c3ccc(C)nc3)CCCC2)CCN(C)C1. The molecule has 3 heteroatoms. The van der Waals surface area contributed by atoms with E-state index < -0.39 is 0 Å². The summed E-state index contributed by atoms with van der Waals surface area (Å²) in [5.74, 6) is 0. The largest absolute Gasteiger partial charge is 0.317 e. The first-order valence-electron chi connectivity index (χ1n) is 10.6. The maximum atomic E-state index is 4.59. The fourth-order valence-corrected chi connectivity index (χ4v) is 5.01. The lowest BCUT2D eigenvalue weighted by atomic mass is 9.91.